The fraction of sp³-hybridized carbons (Fsp3) is 0.500. The Morgan fingerprint density at radius 1 is 1.33 bits per heavy atom. The number of hydrogen-bond donors (Lipinski definition) is 1. The summed E-state index contributed by atoms with van der Waals surface area (Å²) in [5.74, 6) is -0.768. The minimum absolute atomic E-state index is 0.309. The van der Waals surface area contributed by atoms with Gasteiger partial charge in [0.05, 0.1) is 12.8 Å². The molecule has 0 aliphatic rings. The summed E-state index contributed by atoms with van der Waals surface area (Å²) in [6, 6.07) is 0. The van der Waals surface area contributed by atoms with E-state index in [0.29, 0.717) is 10.6 Å². The lowest BCUT2D eigenvalue weighted by Gasteiger charge is -2.22. The van der Waals surface area contributed by atoms with Crippen LogP contribution in [0.3, 0.4) is 0 Å². The quantitative estimate of drug-likeness (QED) is 0.853. The molecule has 5 nitrogen and oxygen atoms in total. The van der Waals surface area contributed by atoms with Crippen molar-refractivity contribution in [3.8, 4) is 0 Å². The summed E-state index contributed by atoms with van der Waals surface area (Å²) in [5.41, 5.74) is 0.351. The fourth-order valence-corrected chi connectivity index (χ4v) is 2.12. The van der Waals surface area contributed by atoms with E-state index in [0.717, 1.165) is 5.56 Å². The Morgan fingerprint density at radius 3 is 2.44 bits per heavy atom. The number of hydrogen-bond acceptors (Lipinski definition) is 5. The van der Waals surface area contributed by atoms with E-state index in [1.54, 1.807) is 19.2 Å². The van der Waals surface area contributed by atoms with Crippen LogP contribution in [0, 0.1) is 6.92 Å². The van der Waals surface area contributed by atoms with E-state index in [4.69, 9.17) is 4.74 Å². The highest BCUT2D eigenvalue weighted by molar-refractivity contribution is 7.12. The third-order valence-corrected chi connectivity index (χ3v) is 3.72. The zero-order valence-electron chi connectivity index (χ0n) is 11.1. The van der Waals surface area contributed by atoms with E-state index in [2.05, 4.69) is 10.1 Å². The molecule has 0 aromatic carbocycles. The van der Waals surface area contributed by atoms with Crippen molar-refractivity contribution in [1.82, 2.24) is 0 Å². The van der Waals surface area contributed by atoms with Crippen LogP contribution in [-0.2, 0) is 14.3 Å². The Balaban J connectivity index is 3.01. The van der Waals surface area contributed by atoms with Gasteiger partial charge in [-0.3, -0.25) is 4.79 Å². The van der Waals surface area contributed by atoms with Crippen molar-refractivity contribution in [2.45, 2.75) is 26.4 Å². The van der Waals surface area contributed by atoms with E-state index in [9.17, 15) is 9.59 Å². The van der Waals surface area contributed by atoms with Gasteiger partial charge in [0.25, 0.3) is 5.91 Å². The molecule has 1 amide bonds. The van der Waals surface area contributed by atoms with Crippen molar-refractivity contribution < 1.29 is 19.1 Å². The predicted octanol–water partition coefficient (Wildman–Crippen LogP) is 2.21. The first-order valence-electron chi connectivity index (χ1n) is 5.36. The van der Waals surface area contributed by atoms with Crippen LogP contribution in [0.5, 0.6) is 0 Å². The van der Waals surface area contributed by atoms with E-state index < -0.39 is 11.6 Å². The third kappa shape index (κ3) is 2.88. The number of aryl methyl sites for hydroxylation is 1. The van der Waals surface area contributed by atoms with Crippen LogP contribution in [0.25, 0.3) is 0 Å². The zero-order valence-corrected chi connectivity index (χ0v) is 11.9. The second-order valence-corrected chi connectivity index (χ2v) is 5.16. The second kappa shape index (κ2) is 5.49. The molecule has 1 heterocycles. The molecule has 0 saturated carbocycles. The molecule has 1 rings (SSSR count). The van der Waals surface area contributed by atoms with Crippen LogP contribution < -0.4 is 5.32 Å². The van der Waals surface area contributed by atoms with Gasteiger partial charge in [-0.25, -0.2) is 4.79 Å². The number of esters is 1. The maximum atomic E-state index is 12.0. The van der Waals surface area contributed by atoms with Crippen molar-refractivity contribution in [1.29, 1.82) is 0 Å². The van der Waals surface area contributed by atoms with E-state index in [1.165, 1.54) is 25.6 Å². The average Bonchev–Trinajstić information content (AvgIpc) is 2.70. The molecular weight excluding hydrogens is 254 g/mol. The summed E-state index contributed by atoms with van der Waals surface area (Å²) in [4.78, 5) is 23.9. The summed E-state index contributed by atoms with van der Waals surface area (Å²) in [5, 5.41) is 4.50. The highest BCUT2D eigenvalue weighted by Crippen LogP contribution is 2.29. The van der Waals surface area contributed by atoms with Gasteiger partial charge >= 0.3 is 5.97 Å². The number of anilines is 1. The number of methoxy groups -OCH3 is 2. The van der Waals surface area contributed by atoms with Gasteiger partial charge in [0.2, 0.25) is 0 Å². The second-order valence-electron chi connectivity index (χ2n) is 4.28. The highest BCUT2D eigenvalue weighted by atomic mass is 32.1. The van der Waals surface area contributed by atoms with E-state index in [1.807, 2.05) is 6.92 Å². The molecule has 0 atom stereocenters. The SMILES string of the molecule is COC(=O)c1scc(C)c1NC(=O)C(C)(C)OC. The number of amides is 1. The van der Waals surface area contributed by atoms with Crippen LogP contribution in [0.15, 0.2) is 5.38 Å². The minimum atomic E-state index is -0.957. The van der Waals surface area contributed by atoms with Gasteiger partial charge in [-0.1, -0.05) is 0 Å². The molecule has 1 aromatic heterocycles. The lowest BCUT2D eigenvalue weighted by atomic mass is 10.1. The summed E-state index contributed by atoms with van der Waals surface area (Å²) in [6.45, 7) is 5.13. The molecule has 1 aromatic rings. The fourth-order valence-electron chi connectivity index (χ4n) is 1.20. The number of ether oxygens (including phenoxy) is 2. The Hall–Kier alpha value is -1.40. The molecular formula is C12H17NO4S. The first-order chi connectivity index (χ1) is 8.33. The summed E-state index contributed by atoms with van der Waals surface area (Å²) in [7, 11) is 2.77. The lowest BCUT2D eigenvalue weighted by Crippen LogP contribution is -2.39. The first kappa shape index (κ1) is 14.7. The molecule has 18 heavy (non-hydrogen) atoms. The monoisotopic (exact) mass is 271 g/mol. The van der Waals surface area contributed by atoms with Crippen LogP contribution >= 0.6 is 11.3 Å². The lowest BCUT2D eigenvalue weighted by molar-refractivity contribution is -0.133. The van der Waals surface area contributed by atoms with Gasteiger partial charge in [-0.05, 0) is 31.7 Å². The molecule has 0 saturated heterocycles. The number of nitrogens with one attached hydrogen (secondary N) is 1. The van der Waals surface area contributed by atoms with Gasteiger partial charge in [-0.15, -0.1) is 11.3 Å². The summed E-state index contributed by atoms with van der Waals surface area (Å²) >= 11 is 1.24. The van der Waals surface area contributed by atoms with Gasteiger partial charge < -0.3 is 14.8 Å². The number of carbonyl (C=O) groups is 2. The Morgan fingerprint density at radius 2 is 1.94 bits per heavy atom. The van der Waals surface area contributed by atoms with Crippen molar-refractivity contribution in [3.63, 3.8) is 0 Å². The molecule has 0 bridgehead atoms. The topological polar surface area (TPSA) is 64.6 Å². The molecule has 0 unspecified atom stereocenters. The Kier molecular flexibility index (Phi) is 4.48. The number of rotatable bonds is 4. The standard InChI is InChI=1S/C12H17NO4S/c1-7-6-18-9(10(14)16-4)8(7)13-11(15)12(2,3)17-5/h6H,1-5H3,(H,13,15). The first-order valence-corrected chi connectivity index (χ1v) is 6.24. The average molecular weight is 271 g/mol. The smallest absolute Gasteiger partial charge is 0.350 e. The van der Waals surface area contributed by atoms with E-state index in [-0.39, 0.29) is 5.91 Å². The van der Waals surface area contributed by atoms with Crippen molar-refractivity contribution in [2.24, 2.45) is 0 Å². The Labute approximate surface area is 110 Å². The van der Waals surface area contributed by atoms with Crippen LogP contribution in [0.1, 0.15) is 29.1 Å². The Bertz CT molecular complexity index is 465. The van der Waals surface area contributed by atoms with Gasteiger partial charge in [0.1, 0.15) is 10.5 Å². The molecule has 0 radical (unpaired) electrons. The number of thiophene rings is 1. The van der Waals surface area contributed by atoms with Crippen LogP contribution in [-0.4, -0.2) is 31.7 Å². The zero-order chi connectivity index (χ0) is 13.9. The van der Waals surface area contributed by atoms with E-state index >= 15 is 0 Å². The molecule has 100 valence electrons. The molecule has 6 heteroatoms. The van der Waals surface area contributed by atoms with Gasteiger partial charge in [-0.2, -0.15) is 0 Å². The molecule has 0 spiro atoms. The molecule has 0 fully saturated rings. The highest BCUT2D eigenvalue weighted by Gasteiger charge is 2.29. The summed E-state index contributed by atoms with van der Waals surface area (Å²) < 4.78 is 9.76. The maximum absolute atomic E-state index is 12.0. The van der Waals surface area contributed by atoms with Crippen LogP contribution in [0.4, 0.5) is 5.69 Å². The van der Waals surface area contributed by atoms with Gasteiger partial charge in [0, 0.05) is 7.11 Å². The number of carbonyl (C=O) groups excluding carboxylic acids is 2. The van der Waals surface area contributed by atoms with Gasteiger partial charge in [0.15, 0.2) is 0 Å². The van der Waals surface area contributed by atoms with Crippen molar-refractivity contribution in [2.75, 3.05) is 19.5 Å². The van der Waals surface area contributed by atoms with Crippen molar-refractivity contribution in [3.05, 3.63) is 15.8 Å². The maximum Gasteiger partial charge on any atom is 0.350 e. The molecule has 0 aliphatic heterocycles. The molecule has 1 N–H and O–H groups in total. The third-order valence-electron chi connectivity index (χ3n) is 2.64. The predicted molar refractivity (Wildman–Crippen MR) is 70.1 cm³/mol. The normalized spacial score (nSPS) is 11.2. The molecule has 0 aliphatic carbocycles. The van der Waals surface area contributed by atoms with Crippen molar-refractivity contribution >= 4 is 28.9 Å². The van der Waals surface area contributed by atoms with Crippen LogP contribution in [0.2, 0.25) is 0 Å². The minimum Gasteiger partial charge on any atom is -0.465 e. The largest absolute Gasteiger partial charge is 0.465 e. The summed E-state index contributed by atoms with van der Waals surface area (Å²) in [6.07, 6.45) is 0.